The van der Waals surface area contributed by atoms with Gasteiger partial charge in [-0.1, -0.05) is 88.9 Å². The van der Waals surface area contributed by atoms with Gasteiger partial charge in [0.2, 0.25) is 0 Å². The van der Waals surface area contributed by atoms with Crippen LogP contribution in [0.1, 0.15) is 39.0 Å². The Morgan fingerprint density at radius 3 is 1.76 bits per heavy atom. The molecule has 136 valence electrons. The van der Waals surface area contributed by atoms with E-state index in [4.69, 9.17) is 4.74 Å². The van der Waals surface area contributed by atoms with Gasteiger partial charge in [0.15, 0.2) is 0 Å². The van der Waals surface area contributed by atoms with Crippen LogP contribution < -0.4 is 38.7 Å². The van der Waals surface area contributed by atoms with E-state index in [0.717, 1.165) is 38.0 Å². The largest absolute Gasteiger partial charge is 2.00 e. The van der Waals surface area contributed by atoms with Crippen LogP contribution in [0.25, 0.3) is 11.1 Å². The minimum atomic E-state index is 0. The van der Waals surface area contributed by atoms with Crippen LogP contribution in [0.3, 0.4) is 0 Å². The Labute approximate surface area is 192 Å². The zero-order chi connectivity index (χ0) is 16.0. The first-order valence-corrected chi connectivity index (χ1v) is 8.18. The van der Waals surface area contributed by atoms with Gasteiger partial charge in [0.25, 0.3) is 0 Å². The van der Waals surface area contributed by atoms with Gasteiger partial charge in [-0.05, 0) is 29.7 Å². The molecule has 2 aromatic carbocycles. The maximum absolute atomic E-state index is 5.67. The van der Waals surface area contributed by atoms with Gasteiger partial charge < -0.3 is 38.7 Å². The Hall–Kier alpha value is -0.00130. The number of halogens is 2. The predicted molar refractivity (Wildman–Crippen MR) is 103 cm³/mol. The van der Waals surface area contributed by atoms with Crippen molar-refractivity contribution in [1.29, 1.82) is 0 Å². The van der Waals surface area contributed by atoms with Gasteiger partial charge in [-0.25, -0.2) is 0 Å². The van der Waals surface area contributed by atoms with Crippen molar-refractivity contribution in [3.05, 3.63) is 68.4 Å². The third-order valence-electron chi connectivity index (χ3n) is 3.23. The van der Waals surface area contributed by atoms with Crippen LogP contribution >= 0.6 is 0 Å². The van der Waals surface area contributed by atoms with Gasteiger partial charge in [-0.3, -0.25) is 0 Å². The van der Waals surface area contributed by atoms with Crippen molar-refractivity contribution >= 4 is 23.9 Å². The molecule has 0 aliphatic rings. The number of ether oxygens (including phenoxy) is 1. The summed E-state index contributed by atoms with van der Waals surface area (Å²) in [6.45, 7) is 10.3. The fraction of sp³-hybridized carbons (Fsp3) is 0.333. The molecule has 0 saturated carbocycles. The zero-order valence-corrected chi connectivity index (χ0v) is 21.0. The van der Waals surface area contributed by atoms with Crippen LogP contribution in [0.4, 0.5) is 0 Å². The van der Waals surface area contributed by atoms with E-state index in [2.05, 4.69) is 57.2 Å². The van der Waals surface area contributed by atoms with Crippen LogP contribution in [0.15, 0.2) is 54.6 Å². The molecule has 0 atom stereocenters. The molecule has 25 heavy (non-hydrogen) atoms. The first kappa shape index (κ1) is 29.8. The molecule has 2 rings (SSSR count). The smallest absolute Gasteiger partial charge is 1.00 e. The molecule has 0 fully saturated rings. The van der Waals surface area contributed by atoms with Gasteiger partial charge >= 0.3 is 23.9 Å². The molecule has 4 radical (unpaired) electrons. The van der Waals surface area contributed by atoms with Crippen molar-refractivity contribution in [2.45, 2.75) is 39.0 Å². The molecule has 0 bridgehead atoms. The molecular formula is C21H28Br2OSn. The summed E-state index contributed by atoms with van der Waals surface area (Å²) in [6, 6.07) is 18.6. The Morgan fingerprint density at radius 1 is 0.760 bits per heavy atom. The molecule has 0 unspecified atom stereocenters. The summed E-state index contributed by atoms with van der Waals surface area (Å²) in [5.74, 6) is 0.943. The van der Waals surface area contributed by atoms with Crippen molar-refractivity contribution in [3.8, 4) is 16.9 Å². The topological polar surface area (TPSA) is 9.23 Å². The van der Waals surface area contributed by atoms with Gasteiger partial charge in [0.05, 0.1) is 6.61 Å². The number of benzene rings is 2. The average molecular weight is 575 g/mol. The van der Waals surface area contributed by atoms with Gasteiger partial charge in [0.1, 0.15) is 5.75 Å². The van der Waals surface area contributed by atoms with Crippen molar-refractivity contribution < 1.29 is 38.7 Å². The van der Waals surface area contributed by atoms with E-state index in [0.29, 0.717) is 0 Å². The molecule has 0 amide bonds. The van der Waals surface area contributed by atoms with Crippen molar-refractivity contribution in [3.63, 3.8) is 0 Å². The Balaban J connectivity index is -0.000000629. The molecule has 2 aromatic rings. The Kier molecular flexibility index (Phi) is 24.2. The van der Waals surface area contributed by atoms with Gasteiger partial charge in [0, 0.05) is 0 Å². The zero-order valence-electron chi connectivity index (χ0n) is 15.0. The van der Waals surface area contributed by atoms with Crippen molar-refractivity contribution in [2.75, 3.05) is 6.61 Å². The molecule has 1 nitrogen and oxygen atoms in total. The van der Waals surface area contributed by atoms with Crippen LogP contribution in [0, 0.1) is 13.8 Å². The van der Waals surface area contributed by atoms with Crippen LogP contribution in [-0.4, -0.2) is 30.5 Å². The van der Waals surface area contributed by atoms with Crippen LogP contribution in [-0.2, 0) is 0 Å². The maximum atomic E-state index is 5.67. The molecule has 0 N–H and O–H groups in total. The Morgan fingerprint density at radius 2 is 1.28 bits per heavy atom. The maximum Gasteiger partial charge on any atom is 2.00 e. The first-order valence-electron chi connectivity index (χ1n) is 8.18. The fourth-order valence-electron chi connectivity index (χ4n) is 1.84. The van der Waals surface area contributed by atoms with E-state index in [-0.39, 0.29) is 57.9 Å². The molecule has 0 heterocycles. The van der Waals surface area contributed by atoms with Crippen LogP contribution in [0.5, 0.6) is 5.75 Å². The third-order valence-corrected chi connectivity index (χ3v) is 3.23. The quantitative estimate of drug-likeness (QED) is 0.334. The van der Waals surface area contributed by atoms with E-state index < -0.39 is 0 Å². The first-order chi connectivity index (χ1) is 10.8. The van der Waals surface area contributed by atoms with Crippen molar-refractivity contribution in [1.82, 2.24) is 0 Å². The van der Waals surface area contributed by atoms with Crippen LogP contribution in [0.2, 0.25) is 0 Å². The summed E-state index contributed by atoms with van der Waals surface area (Å²) in [5, 5.41) is 0. The number of hydrogen-bond donors (Lipinski definition) is 0. The minimum Gasteiger partial charge on any atom is -1.00 e. The summed E-state index contributed by atoms with van der Waals surface area (Å²) in [5.41, 5.74) is 2.46. The van der Waals surface area contributed by atoms with E-state index in [1.807, 2.05) is 18.2 Å². The normalized spacial score (nSPS) is 8.60. The second kappa shape index (κ2) is 20.3. The van der Waals surface area contributed by atoms with Gasteiger partial charge in [-0.15, -0.1) is 0 Å². The van der Waals surface area contributed by atoms with Gasteiger partial charge in [-0.2, -0.15) is 0 Å². The summed E-state index contributed by atoms with van der Waals surface area (Å²) in [6.07, 6.45) is 5.46. The number of hydrogen-bond acceptors (Lipinski definition) is 1. The average Bonchev–Trinajstić information content (AvgIpc) is 2.60. The second-order valence-corrected chi connectivity index (χ2v) is 5.15. The predicted octanol–water partition coefficient (Wildman–Crippen LogP) is -0.0154. The van der Waals surface area contributed by atoms with E-state index in [1.54, 1.807) is 0 Å². The van der Waals surface area contributed by atoms with Crippen molar-refractivity contribution in [2.24, 2.45) is 0 Å². The molecule has 0 saturated heterocycles. The second-order valence-electron chi connectivity index (χ2n) is 5.15. The molecular weight excluding hydrogens is 547 g/mol. The molecule has 0 aromatic heterocycles. The minimum absolute atomic E-state index is 0. The van der Waals surface area contributed by atoms with E-state index in [1.165, 1.54) is 17.5 Å². The SMILES string of the molecule is [Br-].[Br-].[CH2]CCC.[CH2]CCCCOc1ccc(-c2ccccc2)cc1.[Sn+2]. The standard InChI is InChI=1S/C17H19O.C4H9.2BrH.Sn/c1-2-3-7-14-18-17-12-10-16(11-13-17)15-8-5-4-6-9-15;1-3-4-2;;;/h4-6,8-13H,1-3,7,14H2;1,3-4H2,2H3;2*1H;/q;;;;+2/p-2. The van der Waals surface area contributed by atoms with E-state index >= 15 is 0 Å². The summed E-state index contributed by atoms with van der Waals surface area (Å²) >= 11 is 0. The molecule has 4 heteroatoms. The summed E-state index contributed by atoms with van der Waals surface area (Å²) < 4.78 is 5.67. The van der Waals surface area contributed by atoms with E-state index in [9.17, 15) is 0 Å². The molecule has 0 spiro atoms. The monoisotopic (exact) mass is 574 g/mol. The Bertz CT molecular complexity index is 487. The summed E-state index contributed by atoms with van der Waals surface area (Å²) in [7, 11) is 0. The summed E-state index contributed by atoms with van der Waals surface area (Å²) in [4.78, 5) is 0. The number of unbranched alkanes of at least 4 members (excludes halogenated alkanes) is 3. The number of rotatable bonds is 7. The molecule has 0 aliphatic heterocycles. The molecule has 0 aliphatic carbocycles. The fourth-order valence-corrected chi connectivity index (χ4v) is 1.84. The third kappa shape index (κ3) is 13.8.